The van der Waals surface area contributed by atoms with Crippen LogP contribution in [0.15, 0.2) is 35.1 Å². The molecular formula is C25H24Cl2F4N4O2. The molecule has 1 aromatic heterocycles. The number of amides is 1. The van der Waals surface area contributed by atoms with Crippen LogP contribution in [-0.4, -0.2) is 41.1 Å². The molecule has 3 aromatic rings. The van der Waals surface area contributed by atoms with E-state index in [1.165, 1.54) is 12.1 Å². The van der Waals surface area contributed by atoms with Gasteiger partial charge in [0.25, 0.3) is 5.56 Å². The number of fused-ring (bicyclic) bond motifs is 2. The van der Waals surface area contributed by atoms with E-state index in [9.17, 15) is 27.2 Å². The molecule has 0 radical (unpaired) electrons. The Morgan fingerprint density at radius 2 is 1.95 bits per heavy atom. The molecule has 12 heteroatoms. The number of nitrogens with one attached hydrogen (secondary N) is 3. The zero-order chi connectivity index (χ0) is 27.1. The molecule has 2 atom stereocenters. The fourth-order valence-electron chi connectivity index (χ4n) is 4.47. The predicted molar refractivity (Wildman–Crippen MR) is 136 cm³/mol. The summed E-state index contributed by atoms with van der Waals surface area (Å²) >= 11 is 12.5. The van der Waals surface area contributed by atoms with Gasteiger partial charge in [-0.2, -0.15) is 13.2 Å². The van der Waals surface area contributed by atoms with Crippen molar-refractivity contribution in [2.75, 3.05) is 18.4 Å². The minimum absolute atomic E-state index is 0.0103. The number of carbonyl (C=O) groups excluding carboxylic acids is 1. The molecule has 4 rings (SSSR count). The van der Waals surface area contributed by atoms with Gasteiger partial charge in [-0.05, 0) is 67.1 Å². The first-order chi connectivity index (χ1) is 17.3. The van der Waals surface area contributed by atoms with Crippen LogP contribution in [0.3, 0.4) is 0 Å². The molecule has 1 aliphatic heterocycles. The molecule has 0 bridgehead atoms. The fourth-order valence-corrected chi connectivity index (χ4v) is 5.16. The number of pyridine rings is 1. The van der Waals surface area contributed by atoms with Crippen molar-refractivity contribution < 1.29 is 22.4 Å². The lowest BCUT2D eigenvalue weighted by atomic mass is 9.93. The third kappa shape index (κ3) is 5.86. The Bertz CT molecular complexity index is 1410. The molecule has 1 amide bonds. The number of H-pyrrole nitrogens is 1. The van der Waals surface area contributed by atoms with Crippen molar-refractivity contribution in [3.8, 4) is 0 Å². The van der Waals surface area contributed by atoms with Crippen LogP contribution in [0, 0.1) is 5.82 Å². The van der Waals surface area contributed by atoms with Crippen LogP contribution in [0.25, 0.3) is 10.8 Å². The zero-order valence-corrected chi connectivity index (χ0v) is 21.4. The van der Waals surface area contributed by atoms with Crippen molar-refractivity contribution in [2.45, 2.75) is 45.1 Å². The van der Waals surface area contributed by atoms with E-state index in [0.29, 0.717) is 28.4 Å². The van der Waals surface area contributed by atoms with E-state index < -0.39 is 23.6 Å². The topological polar surface area (TPSA) is 77.2 Å². The fraction of sp³-hybridized carbons (Fsp3) is 0.360. The second-order valence-electron chi connectivity index (χ2n) is 9.01. The molecule has 2 aromatic carbocycles. The predicted octanol–water partition coefficient (Wildman–Crippen LogP) is 5.57. The Balaban J connectivity index is 1.50. The summed E-state index contributed by atoms with van der Waals surface area (Å²) in [6, 6.07) is 5.23. The number of hydrogen-bond donors (Lipinski definition) is 3. The first kappa shape index (κ1) is 27.2. The molecule has 0 saturated carbocycles. The van der Waals surface area contributed by atoms with E-state index in [2.05, 4.69) is 15.6 Å². The van der Waals surface area contributed by atoms with Gasteiger partial charge in [-0.25, -0.2) is 4.39 Å². The van der Waals surface area contributed by atoms with Crippen LogP contribution < -0.4 is 16.2 Å². The maximum absolute atomic E-state index is 14.7. The van der Waals surface area contributed by atoms with Gasteiger partial charge in [0.2, 0.25) is 5.91 Å². The van der Waals surface area contributed by atoms with Gasteiger partial charge in [-0.1, -0.05) is 23.2 Å². The Kier molecular flexibility index (Phi) is 7.73. The summed E-state index contributed by atoms with van der Waals surface area (Å²) in [6.45, 7) is 2.81. The highest BCUT2D eigenvalue weighted by Gasteiger charge is 2.35. The lowest BCUT2D eigenvalue weighted by molar-refractivity contribution is -0.151. The third-order valence-corrected chi connectivity index (χ3v) is 7.05. The first-order valence-corrected chi connectivity index (χ1v) is 12.3. The standard InChI is InChI=1S/C25H24Cl2F4N4O2/c1-12-23-14(5-16(26)8-19(23)27)3-4-35(12)22(36)11-33-21-7-15-6-17(10-32-13(2)25(29,30)31)34-24(37)18(15)9-20(21)28/h5-9,12-13,32-33H,3-4,10-11H2,1-2H3,(H,34,37)/t12-,13+/m0/s1. The average molecular weight is 559 g/mol. The van der Waals surface area contributed by atoms with E-state index in [1.807, 2.05) is 13.0 Å². The number of rotatable bonds is 6. The minimum atomic E-state index is -4.43. The molecule has 0 unspecified atom stereocenters. The number of alkyl halides is 3. The molecule has 198 valence electrons. The summed E-state index contributed by atoms with van der Waals surface area (Å²) in [5, 5.41) is 6.44. The van der Waals surface area contributed by atoms with Crippen LogP contribution >= 0.6 is 23.2 Å². The molecule has 2 heterocycles. The maximum Gasteiger partial charge on any atom is 0.403 e. The summed E-state index contributed by atoms with van der Waals surface area (Å²) < 4.78 is 53.1. The Morgan fingerprint density at radius 1 is 1.22 bits per heavy atom. The van der Waals surface area contributed by atoms with Crippen molar-refractivity contribution >= 4 is 45.6 Å². The van der Waals surface area contributed by atoms with Crippen molar-refractivity contribution in [2.24, 2.45) is 0 Å². The van der Waals surface area contributed by atoms with E-state index in [-0.39, 0.29) is 41.8 Å². The smallest absolute Gasteiger partial charge is 0.374 e. The number of carbonyl (C=O) groups is 1. The Labute approximate surface area is 219 Å². The third-order valence-electron chi connectivity index (χ3n) is 6.52. The quantitative estimate of drug-likeness (QED) is 0.345. The van der Waals surface area contributed by atoms with Gasteiger partial charge in [-0.3, -0.25) is 9.59 Å². The lowest BCUT2D eigenvalue weighted by Gasteiger charge is -2.36. The van der Waals surface area contributed by atoms with Crippen LogP contribution in [0.1, 0.15) is 36.7 Å². The van der Waals surface area contributed by atoms with Crippen LogP contribution in [0.5, 0.6) is 0 Å². The number of nitrogens with zero attached hydrogens (tertiary/aromatic N) is 1. The van der Waals surface area contributed by atoms with Gasteiger partial charge in [-0.15, -0.1) is 0 Å². The van der Waals surface area contributed by atoms with Gasteiger partial charge in [0.05, 0.1) is 23.7 Å². The van der Waals surface area contributed by atoms with Gasteiger partial charge in [0.1, 0.15) is 11.9 Å². The largest absolute Gasteiger partial charge is 0.403 e. The summed E-state index contributed by atoms with van der Waals surface area (Å²) in [4.78, 5) is 29.5. The molecule has 0 aliphatic carbocycles. The van der Waals surface area contributed by atoms with Gasteiger partial charge in [0.15, 0.2) is 0 Å². The van der Waals surface area contributed by atoms with Gasteiger partial charge >= 0.3 is 6.18 Å². The summed E-state index contributed by atoms with van der Waals surface area (Å²) in [6.07, 6.45) is -3.86. The second-order valence-corrected chi connectivity index (χ2v) is 9.86. The number of aromatic amines is 1. The normalized spacial score (nSPS) is 16.5. The Hall–Kier alpha value is -2.82. The first-order valence-electron chi connectivity index (χ1n) is 11.5. The van der Waals surface area contributed by atoms with Crippen LogP contribution in [-0.2, 0) is 17.8 Å². The number of hydrogen-bond acceptors (Lipinski definition) is 4. The Morgan fingerprint density at radius 3 is 2.65 bits per heavy atom. The summed E-state index contributed by atoms with van der Waals surface area (Å²) in [7, 11) is 0. The molecule has 3 N–H and O–H groups in total. The van der Waals surface area contributed by atoms with E-state index >= 15 is 0 Å². The zero-order valence-electron chi connectivity index (χ0n) is 19.9. The number of halogens is 6. The minimum Gasteiger partial charge on any atom is -0.374 e. The van der Waals surface area contributed by atoms with Crippen molar-refractivity contribution in [3.05, 3.63) is 73.4 Å². The van der Waals surface area contributed by atoms with Gasteiger partial charge in [0, 0.05) is 28.8 Å². The SMILES string of the molecule is C[C@H]1c2c(Cl)cc(Cl)cc2CCN1C(=O)CNc1cc2cc(CN[C@H](C)C(F)(F)F)[nH]c(=O)c2cc1F. The molecule has 0 saturated heterocycles. The molecule has 37 heavy (non-hydrogen) atoms. The number of benzene rings is 2. The highest BCUT2D eigenvalue weighted by Crippen LogP contribution is 2.37. The maximum atomic E-state index is 14.7. The monoisotopic (exact) mass is 558 g/mol. The van der Waals surface area contributed by atoms with Crippen LogP contribution in [0.4, 0.5) is 23.2 Å². The van der Waals surface area contributed by atoms with E-state index in [4.69, 9.17) is 23.2 Å². The highest BCUT2D eigenvalue weighted by atomic mass is 35.5. The van der Waals surface area contributed by atoms with Gasteiger partial charge < -0.3 is 20.5 Å². The number of anilines is 1. The summed E-state index contributed by atoms with van der Waals surface area (Å²) in [5.41, 5.74) is 1.36. The van der Waals surface area contributed by atoms with Crippen molar-refractivity contribution in [1.82, 2.24) is 15.2 Å². The molecular weight excluding hydrogens is 535 g/mol. The van der Waals surface area contributed by atoms with Crippen molar-refractivity contribution in [1.29, 1.82) is 0 Å². The number of aromatic nitrogens is 1. The molecule has 0 spiro atoms. The van der Waals surface area contributed by atoms with Crippen LogP contribution in [0.2, 0.25) is 10.0 Å². The summed E-state index contributed by atoms with van der Waals surface area (Å²) in [5.74, 6) is -1.02. The molecule has 1 aliphatic rings. The van der Waals surface area contributed by atoms with E-state index in [0.717, 1.165) is 24.1 Å². The second kappa shape index (κ2) is 10.5. The van der Waals surface area contributed by atoms with Crippen molar-refractivity contribution in [3.63, 3.8) is 0 Å². The lowest BCUT2D eigenvalue weighted by Crippen LogP contribution is -2.42. The average Bonchev–Trinajstić information content (AvgIpc) is 2.80. The highest BCUT2D eigenvalue weighted by molar-refractivity contribution is 6.35. The molecule has 6 nitrogen and oxygen atoms in total. The van der Waals surface area contributed by atoms with E-state index in [1.54, 1.807) is 11.0 Å². The molecule has 0 fully saturated rings.